The predicted molar refractivity (Wildman–Crippen MR) is 99.5 cm³/mol. The summed E-state index contributed by atoms with van der Waals surface area (Å²) < 4.78 is 97.3. The molecular formula is C20H34F6O4. The Hall–Kier alpha value is -1.03. The van der Waals surface area contributed by atoms with Crippen LogP contribution in [0.25, 0.3) is 0 Å². The van der Waals surface area contributed by atoms with Crippen molar-refractivity contribution >= 4 is 5.97 Å². The van der Waals surface area contributed by atoms with Crippen molar-refractivity contribution in [1.82, 2.24) is 0 Å². The fraction of sp³-hybridized carbons (Fsp3) is 0.950. The Morgan fingerprint density at radius 1 is 0.833 bits per heavy atom. The fourth-order valence-electron chi connectivity index (χ4n) is 3.09. The first-order valence-electron chi connectivity index (χ1n) is 9.75. The fourth-order valence-corrected chi connectivity index (χ4v) is 3.09. The van der Waals surface area contributed by atoms with Gasteiger partial charge < -0.3 is 14.2 Å². The average molecular weight is 452 g/mol. The van der Waals surface area contributed by atoms with Crippen molar-refractivity contribution in [3.05, 3.63) is 0 Å². The second-order valence-corrected chi connectivity index (χ2v) is 9.39. The van der Waals surface area contributed by atoms with Gasteiger partial charge in [0.1, 0.15) is 6.10 Å². The highest BCUT2D eigenvalue weighted by molar-refractivity contribution is 5.73. The van der Waals surface area contributed by atoms with Crippen LogP contribution in [0.2, 0.25) is 0 Å². The van der Waals surface area contributed by atoms with Gasteiger partial charge in [0.25, 0.3) is 5.60 Å². The average Bonchev–Trinajstić information content (AvgIpc) is 2.49. The van der Waals surface area contributed by atoms with Crippen LogP contribution in [0, 0.1) is 23.2 Å². The molecule has 0 spiro atoms. The summed E-state index contributed by atoms with van der Waals surface area (Å²) in [4.78, 5) is 12.6. The first-order chi connectivity index (χ1) is 13.2. The highest BCUT2D eigenvalue weighted by Crippen LogP contribution is 2.50. The van der Waals surface area contributed by atoms with Crippen LogP contribution in [-0.2, 0) is 19.0 Å². The molecule has 0 aromatic rings. The first kappa shape index (κ1) is 29.0. The number of hydrogen-bond donors (Lipinski definition) is 0. The second kappa shape index (κ2) is 10.1. The second-order valence-electron chi connectivity index (χ2n) is 9.39. The Kier molecular flexibility index (Phi) is 9.71. The van der Waals surface area contributed by atoms with E-state index >= 15 is 0 Å². The summed E-state index contributed by atoms with van der Waals surface area (Å²) in [5, 5.41) is 0. The zero-order valence-corrected chi connectivity index (χ0v) is 19.0. The molecule has 0 aromatic carbocycles. The van der Waals surface area contributed by atoms with E-state index in [1.54, 1.807) is 13.8 Å². The van der Waals surface area contributed by atoms with Crippen LogP contribution in [0.1, 0.15) is 61.8 Å². The van der Waals surface area contributed by atoms with Gasteiger partial charge >= 0.3 is 18.3 Å². The molecule has 0 bridgehead atoms. The molecule has 30 heavy (non-hydrogen) atoms. The minimum absolute atomic E-state index is 0.231. The summed E-state index contributed by atoms with van der Waals surface area (Å²) in [5.74, 6) is -3.19. The molecular weight excluding hydrogens is 418 g/mol. The molecule has 3 atom stereocenters. The molecule has 10 heteroatoms. The summed E-state index contributed by atoms with van der Waals surface area (Å²) in [5.41, 5.74) is -5.14. The molecule has 180 valence electrons. The molecule has 0 heterocycles. The highest BCUT2D eigenvalue weighted by Gasteiger charge is 2.77. The lowest BCUT2D eigenvalue weighted by atomic mass is 9.79. The Morgan fingerprint density at radius 2 is 1.27 bits per heavy atom. The Morgan fingerprint density at radius 3 is 1.53 bits per heavy atom. The number of alkyl halides is 6. The van der Waals surface area contributed by atoms with Crippen LogP contribution < -0.4 is 0 Å². The van der Waals surface area contributed by atoms with Crippen LogP contribution in [-0.4, -0.2) is 43.4 Å². The normalized spacial score (nSPS) is 17.2. The van der Waals surface area contributed by atoms with Crippen LogP contribution in [0.4, 0.5) is 26.3 Å². The molecule has 0 aliphatic heterocycles. The van der Waals surface area contributed by atoms with Gasteiger partial charge in [-0.25, -0.2) is 0 Å². The lowest BCUT2D eigenvalue weighted by Crippen LogP contribution is -2.67. The largest absolute Gasteiger partial charge is 0.459 e. The zero-order valence-electron chi connectivity index (χ0n) is 19.0. The smallest absolute Gasteiger partial charge is 0.430 e. The SMILES string of the molecule is COC(OC(C(C)OC(=O)C(CC(C)(C)C)C(C)C)(C(F)(F)F)C(F)(F)F)C(C)C. The predicted octanol–water partition coefficient (Wildman–Crippen LogP) is 6.14. The van der Waals surface area contributed by atoms with E-state index in [1.807, 2.05) is 20.8 Å². The van der Waals surface area contributed by atoms with Gasteiger partial charge in [-0.2, -0.15) is 26.3 Å². The van der Waals surface area contributed by atoms with Crippen LogP contribution in [0.5, 0.6) is 0 Å². The van der Waals surface area contributed by atoms with Crippen LogP contribution in [0.3, 0.4) is 0 Å². The van der Waals surface area contributed by atoms with E-state index in [2.05, 4.69) is 4.74 Å². The molecule has 4 nitrogen and oxygen atoms in total. The molecule has 0 radical (unpaired) electrons. The van der Waals surface area contributed by atoms with Crippen molar-refractivity contribution in [3.8, 4) is 0 Å². The molecule has 0 saturated carbocycles. The van der Waals surface area contributed by atoms with Crippen molar-refractivity contribution in [2.24, 2.45) is 23.2 Å². The lowest BCUT2D eigenvalue weighted by Gasteiger charge is -2.43. The maximum Gasteiger partial charge on any atom is 0.430 e. The molecule has 3 unspecified atom stereocenters. The highest BCUT2D eigenvalue weighted by atomic mass is 19.4. The molecule has 0 N–H and O–H groups in total. The van der Waals surface area contributed by atoms with E-state index in [0.29, 0.717) is 6.92 Å². The van der Waals surface area contributed by atoms with E-state index < -0.39 is 53.6 Å². The molecule has 0 aromatic heterocycles. The van der Waals surface area contributed by atoms with Gasteiger partial charge in [-0.3, -0.25) is 4.79 Å². The molecule has 0 amide bonds. The van der Waals surface area contributed by atoms with Gasteiger partial charge in [0, 0.05) is 13.0 Å². The summed E-state index contributed by atoms with van der Waals surface area (Å²) in [6, 6.07) is 0. The van der Waals surface area contributed by atoms with Crippen molar-refractivity contribution in [3.63, 3.8) is 0 Å². The van der Waals surface area contributed by atoms with Gasteiger partial charge in [0.05, 0.1) is 5.92 Å². The number of esters is 1. The molecule has 0 saturated heterocycles. The summed E-state index contributed by atoms with van der Waals surface area (Å²) in [6.07, 6.45) is -16.1. The van der Waals surface area contributed by atoms with E-state index in [0.717, 1.165) is 7.11 Å². The van der Waals surface area contributed by atoms with Crippen molar-refractivity contribution in [1.29, 1.82) is 0 Å². The maximum atomic E-state index is 13.9. The van der Waals surface area contributed by atoms with Crippen molar-refractivity contribution < 1.29 is 45.3 Å². The topological polar surface area (TPSA) is 44.8 Å². The minimum atomic E-state index is -5.92. The monoisotopic (exact) mass is 452 g/mol. The summed E-state index contributed by atoms with van der Waals surface area (Å²) in [7, 11) is 0.941. The van der Waals surface area contributed by atoms with Gasteiger partial charge in [0.2, 0.25) is 0 Å². The Balaban J connectivity index is 6.21. The standard InChI is InChI=1S/C20H34F6O4/c1-11(2)14(10-17(6,7)8)15(27)29-13(5)18(19(21,22)23,20(24,25)26)30-16(28-9)12(3)4/h11-14,16H,10H2,1-9H3. The maximum absolute atomic E-state index is 13.9. The molecule has 0 aliphatic rings. The number of carbonyl (C=O) groups excluding carboxylic acids is 1. The van der Waals surface area contributed by atoms with Crippen molar-refractivity contribution in [2.45, 2.75) is 92.2 Å². The van der Waals surface area contributed by atoms with Crippen LogP contribution in [0.15, 0.2) is 0 Å². The summed E-state index contributed by atoms with van der Waals surface area (Å²) in [6.45, 7) is 12.0. The minimum Gasteiger partial charge on any atom is -0.459 e. The first-order valence-corrected chi connectivity index (χ1v) is 9.75. The molecule has 0 fully saturated rings. The lowest BCUT2D eigenvalue weighted by molar-refractivity contribution is -0.429. The number of rotatable bonds is 9. The zero-order chi connectivity index (χ0) is 24.3. The number of hydrogen-bond acceptors (Lipinski definition) is 4. The van der Waals surface area contributed by atoms with Gasteiger partial charge in [-0.05, 0) is 24.7 Å². The van der Waals surface area contributed by atoms with Gasteiger partial charge in [-0.1, -0.05) is 48.5 Å². The molecule has 0 aliphatic carbocycles. The Labute approximate surface area is 174 Å². The number of ether oxygens (including phenoxy) is 3. The number of methoxy groups -OCH3 is 1. The van der Waals surface area contributed by atoms with Gasteiger partial charge in [0.15, 0.2) is 6.29 Å². The van der Waals surface area contributed by atoms with E-state index in [9.17, 15) is 31.1 Å². The third kappa shape index (κ3) is 7.00. The van der Waals surface area contributed by atoms with E-state index in [1.165, 1.54) is 13.8 Å². The molecule has 0 rings (SSSR count). The number of halogens is 6. The van der Waals surface area contributed by atoms with E-state index in [4.69, 9.17) is 9.47 Å². The van der Waals surface area contributed by atoms with Gasteiger partial charge in [-0.15, -0.1) is 0 Å². The van der Waals surface area contributed by atoms with E-state index in [-0.39, 0.29) is 12.3 Å². The third-order valence-corrected chi connectivity index (χ3v) is 4.73. The summed E-state index contributed by atoms with van der Waals surface area (Å²) >= 11 is 0. The Bertz CT molecular complexity index is 535. The third-order valence-electron chi connectivity index (χ3n) is 4.73. The number of carbonyl (C=O) groups is 1. The quantitative estimate of drug-likeness (QED) is 0.240. The van der Waals surface area contributed by atoms with Crippen molar-refractivity contribution in [2.75, 3.05) is 7.11 Å². The van der Waals surface area contributed by atoms with Crippen LogP contribution >= 0.6 is 0 Å².